The van der Waals surface area contributed by atoms with E-state index < -0.39 is 17.6 Å². The van der Waals surface area contributed by atoms with Crippen molar-refractivity contribution in [2.75, 3.05) is 0 Å². The van der Waals surface area contributed by atoms with Gasteiger partial charge in [0.25, 0.3) is 0 Å². The van der Waals surface area contributed by atoms with Crippen molar-refractivity contribution in [1.82, 2.24) is 5.32 Å². The summed E-state index contributed by atoms with van der Waals surface area (Å²) in [5, 5.41) is 21.8. The lowest BCUT2D eigenvalue weighted by molar-refractivity contribution is -0.159. The second kappa shape index (κ2) is 5.50. The van der Waals surface area contributed by atoms with Crippen LogP contribution in [0.25, 0.3) is 0 Å². The van der Waals surface area contributed by atoms with Crippen LogP contribution in [0.15, 0.2) is 30.3 Å². The highest BCUT2D eigenvalue weighted by Crippen LogP contribution is 2.36. The molecule has 102 valence electrons. The SMILES string of the molecule is O=C[C@H]1CC(O)(O)C[C@H]1C(=O)NCc1ccccc1. The Balaban J connectivity index is 1.94. The van der Waals surface area contributed by atoms with Crippen LogP contribution in [-0.4, -0.2) is 28.2 Å². The lowest BCUT2D eigenvalue weighted by atomic mass is 9.96. The quantitative estimate of drug-likeness (QED) is 0.535. The van der Waals surface area contributed by atoms with Crippen molar-refractivity contribution in [3.05, 3.63) is 35.9 Å². The van der Waals surface area contributed by atoms with Crippen molar-refractivity contribution >= 4 is 12.2 Å². The first-order valence-corrected chi connectivity index (χ1v) is 6.23. The molecule has 0 unspecified atom stereocenters. The van der Waals surface area contributed by atoms with Crippen LogP contribution in [0.2, 0.25) is 0 Å². The van der Waals surface area contributed by atoms with Gasteiger partial charge in [-0.25, -0.2) is 0 Å². The van der Waals surface area contributed by atoms with Gasteiger partial charge in [0.05, 0.1) is 5.92 Å². The van der Waals surface area contributed by atoms with Crippen molar-refractivity contribution in [2.24, 2.45) is 11.8 Å². The highest BCUT2D eigenvalue weighted by molar-refractivity contribution is 5.82. The van der Waals surface area contributed by atoms with Crippen LogP contribution in [0.5, 0.6) is 0 Å². The van der Waals surface area contributed by atoms with Crippen LogP contribution in [0.4, 0.5) is 0 Å². The largest absolute Gasteiger partial charge is 0.366 e. The van der Waals surface area contributed by atoms with E-state index in [1.807, 2.05) is 30.3 Å². The van der Waals surface area contributed by atoms with Gasteiger partial charge in [-0.1, -0.05) is 30.3 Å². The molecule has 19 heavy (non-hydrogen) atoms. The zero-order chi connectivity index (χ0) is 13.9. The molecule has 0 aliphatic heterocycles. The second-order valence-electron chi connectivity index (χ2n) is 5.00. The number of carbonyl (C=O) groups is 2. The fourth-order valence-corrected chi connectivity index (χ4v) is 2.45. The van der Waals surface area contributed by atoms with Gasteiger partial charge in [-0.2, -0.15) is 0 Å². The third kappa shape index (κ3) is 3.39. The van der Waals surface area contributed by atoms with E-state index in [2.05, 4.69) is 5.32 Å². The minimum Gasteiger partial charge on any atom is -0.366 e. The van der Waals surface area contributed by atoms with Crippen LogP contribution >= 0.6 is 0 Å². The number of amides is 1. The Morgan fingerprint density at radius 1 is 1.32 bits per heavy atom. The number of aldehydes is 1. The first-order valence-electron chi connectivity index (χ1n) is 6.23. The fourth-order valence-electron chi connectivity index (χ4n) is 2.45. The summed E-state index contributed by atoms with van der Waals surface area (Å²) in [6.45, 7) is 0.367. The molecule has 0 spiro atoms. The second-order valence-corrected chi connectivity index (χ2v) is 5.00. The van der Waals surface area contributed by atoms with Gasteiger partial charge in [0.1, 0.15) is 6.29 Å². The topological polar surface area (TPSA) is 86.6 Å². The Kier molecular flexibility index (Phi) is 3.97. The van der Waals surface area contributed by atoms with Crippen molar-refractivity contribution in [3.8, 4) is 0 Å². The molecule has 2 rings (SSSR count). The molecule has 3 N–H and O–H groups in total. The number of aliphatic hydroxyl groups is 2. The van der Waals surface area contributed by atoms with Crippen molar-refractivity contribution in [1.29, 1.82) is 0 Å². The van der Waals surface area contributed by atoms with E-state index in [1.165, 1.54) is 0 Å². The average molecular weight is 263 g/mol. The zero-order valence-corrected chi connectivity index (χ0v) is 10.5. The summed E-state index contributed by atoms with van der Waals surface area (Å²) < 4.78 is 0. The Morgan fingerprint density at radius 2 is 2.00 bits per heavy atom. The molecular formula is C14H17NO4. The van der Waals surface area contributed by atoms with E-state index in [0.29, 0.717) is 12.8 Å². The molecule has 5 heteroatoms. The number of hydrogen-bond donors (Lipinski definition) is 3. The lowest BCUT2D eigenvalue weighted by Gasteiger charge is -2.15. The third-order valence-corrected chi connectivity index (χ3v) is 3.45. The summed E-state index contributed by atoms with van der Waals surface area (Å²) in [4.78, 5) is 22.9. The summed E-state index contributed by atoms with van der Waals surface area (Å²) in [5.74, 6) is -3.53. The monoisotopic (exact) mass is 263 g/mol. The molecular weight excluding hydrogens is 246 g/mol. The molecule has 0 heterocycles. The fraction of sp³-hybridized carbons (Fsp3) is 0.429. The van der Waals surface area contributed by atoms with E-state index in [1.54, 1.807) is 0 Å². The van der Waals surface area contributed by atoms with Gasteiger partial charge in [0.15, 0.2) is 5.79 Å². The minimum absolute atomic E-state index is 0.0834. The maximum Gasteiger partial charge on any atom is 0.224 e. The van der Waals surface area contributed by atoms with Crippen molar-refractivity contribution in [2.45, 2.75) is 25.2 Å². The first kappa shape index (κ1) is 13.7. The van der Waals surface area contributed by atoms with Crippen LogP contribution < -0.4 is 5.32 Å². The predicted octanol–water partition coefficient (Wildman–Crippen LogP) is 0.209. The average Bonchev–Trinajstić information content (AvgIpc) is 2.72. The zero-order valence-electron chi connectivity index (χ0n) is 10.5. The Labute approximate surface area is 111 Å². The molecule has 5 nitrogen and oxygen atoms in total. The summed E-state index contributed by atoms with van der Waals surface area (Å²) in [6, 6.07) is 9.40. The van der Waals surface area contributed by atoms with Crippen LogP contribution in [-0.2, 0) is 16.1 Å². The molecule has 1 aromatic carbocycles. The number of hydrogen-bond acceptors (Lipinski definition) is 4. The Hall–Kier alpha value is -1.72. The molecule has 0 saturated heterocycles. The smallest absolute Gasteiger partial charge is 0.224 e. The predicted molar refractivity (Wildman–Crippen MR) is 67.7 cm³/mol. The third-order valence-electron chi connectivity index (χ3n) is 3.45. The van der Waals surface area contributed by atoms with Crippen LogP contribution in [0.3, 0.4) is 0 Å². The van der Waals surface area contributed by atoms with Gasteiger partial charge >= 0.3 is 0 Å². The van der Waals surface area contributed by atoms with E-state index in [-0.39, 0.29) is 18.7 Å². The minimum atomic E-state index is -1.92. The van der Waals surface area contributed by atoms with Crippen molar-refractivity contribution < 1.29 is 19.8 Å². The highest BCUT2D eigenvalue weighted by Gasteiger charge is 2.46. The molecule has 1 fully saturated rings. The molecule has 1 saturated carbocycles. The molecule has 1 amide bonds. The van der Waals surface area contributed by atoms with E-state index in [4.69, 9.17) is 0 Å². The van der Waals surface area contributed by atoms with Gasteiger partial charge in [0, 0.05) is 25.3 Å². The maximum absolute atomic E-state index is 12.0. The number of nitrogens with one attached hydrogen (secondary N) is 1. The summed E-state index contributed by atoms with van der Waals surface area (Å²) in [6.07, 6.45) is 0.442. The summed E-state index contributed by atoms with van der Waals surface area (Å²) in [5.41, 5.74) is 0.954. The van der Waals surface area contributed by atoms with E-state index in [9.17, 15) is 19.8 Å². The van der Waals surface area contributed by atoms with Gasteiger partial charge in [0.2, 0.25) is 5.91 Å². The lowest BCUT2D eigenvalue weighted by Crippen LogP contribution is -2.33. The number of carbonyl (C=O) groups excluding carboxylic acids is 2. The van der Waals surface area contributed by atoms with Crippen LogP contribution in [0.1, 0.15) is 18.4 Å². The Morgan fingerprint density at radius 3 is 2.63 bits per heavy atom. The molecule has 1 aromatic rings. The van der Waals surface area contributed by atoms with Gasteiger partial charge in [-0.3, -0.25) is 4.79 Å². The van der Waals surface area contributed by atoms with Gasteiger partial charge < -0.3 is 20.3 Å². The molecule has 1 aliphatic carbocycles. The summed E-state index contributed by atoms with van der Waals surface area (Å²) in [7, 11) is 0. The molecule has 0 radical (unpaired) electrons. The van der Waals surface area contributed by atoms with E-state index in [0.717, 1.165) is 5.56 Å². The first-order chi connectivity index (χ1) is 9.02. The molecule has 1 aliphatic rings. The number of benzene rings is 1. The normalized spacial score (nSPS) is 24.9. The molecule has 0 bridgehead atoms. The standard InChI is InChI=1S/C14H17NO4/c16-9-11-6-14(18,19)7-12(11)13(17)15-8-10-4-2-1-3-5-10/h1-5,9,11-12,18-19H,6-8H2,(H,15,17)/t11-,12-/m1/s1. The van der Waals surface area contributed by atoms with E-state index >= 15 is 0 Å². The van der Waals surface area contributed by atoms with Crippen LogP contribution in [0, 0.1) is 11.8 Å². The van der Waals surface area contributed by atoms with Gasteiger partial charge in [-0.15, -0.1) is 0 Å². The molecule has 2 atom stereocenters. The number of rotatable bonds is 4. The molecule has 0 aromatic heterocycles. The highest BCUT2D eigenvalue weighted by atomic mass is 16.5. The maximum atomic E-state index is 12.0. The Bertz CT molecular complexity index is 458. The van der Waals surface area contributed by atoms with Gasteiger partial charge in [-0.05, 0) is 5.56 Å². The van der Waals surface area contributed by atoms with Crippen molar-refractivity contribution in [3.63, 3.8) is 0 Å². The summed E-state index contributed by atoms with van der Waals surface area (Å²) >= 11 is 0.